The van der Waals surface area contributed by atoms with E-state index in [2.05, 4.69) is 14.9 Å². The van der Waals surface area contributed by atoms with E-state index in [1.54, 1.807) is 24.5 Å². The van der Waals surface area contributed by atoms with E-state index in [4.69, 9.17) is 9.47 Å². The average molecular weight is 341 g/mol. The summed E-state index contributed by atoms with van der Waals surface area (Å²) in [4.78, 5) is 22.4. The van der Waals surface area contributed by atoms with Crippen molar-refractivity contribution in [2.24, 2.45) is 5.92 Å². The van der Waals surface area contributed by atoms with E-state index in [-0.39, 0.29) is 12.1 Å². The first-order valence-corrected chi connectivity index (χ1v) is 8.56. The Morgan fingerprint density at radius 1 is 1.28 bits per heavy atom. The molecule has 0 bridgehead atoms. The van der Waals surface area contributed by atoms with Gasteiger partial charge >= 0.3 is 5.97 Å². The molecular formula is C19H23N3O3. The predicted octanol–water partition coefficient (Wildman–Crippen LogP) is 2.95. The molecule has 2 aromatic heterocycles. The van der Waals surface area contributed by atoms with Crippen molar-refractivity contribution in [3.05, 3.63) is 48.4 Å². The molecule has 3 heterocycles. The van der Waals surface area contributed by atoms with Crippen molar-refractivity contribution >= 4 is 11.7 Å². The molecule has 1 aliphatic heterocycles. The van der Waals surface area contributed by atoms with E-state index in [0.29, 0.717) is 24.0 Å². The predicted molar refractivity (Wildman–Crippen MR) is 94.8 cm³/mol. The lowest BCUT2D eigenvalue weighted by Crippen LogP contribution is -2.24. The van der Waals surface area contributed by atoms with Crippen LogP contribution in [0.5, 0.6) is 5.88 Å². The molecular weight excluding hydrogens is 318 g/mol. The van der Waals surface area contributed by atoms with Crippen LogP contribution in [0.15, 0.2) is 42.9 Å². The molecule has 0 unspecified atom stereocenters. The monoisotopic (exact) mass is 341 g/mol. The van der Waals surface area contributed by atoms with E-state index in [9.17, 15) is 4.79 Å². The van der Waals surface area contributed by atoms with Gasteiger partial charge in [-0.05, 0) is 24.1 Å². The third-order valence-corrected chi connectivity index (χ3v) is 3.98. The molecule has 6 nitrogen and oxygen atoms in total. The van der Waals surface area contributed by atoms with Crippen molar-refractivity contribution in [1.29, 1.82) is 0 Å². The molecule has 0 spiro atoms. The minimum atomic E-state index is -0.350. The Morgan fingerprint density at radius 3 is 2.76 bits per heavy atom. The molecule has 1 saturated heterocycles. The first-order chi connectivity index (χ1) is 12.1. The molecule has 132 valence electrons. The zero-order chi connectivity index (χ0) is 17.6. The number of hydrogen-bond donors (Lipinski definition) is 0. The number of pyridine rings is 2. The third kappa shape index (κ3) is 4.68. The molecule has 1 fully saturated rings. The lowest BCUT2D eigenvalue weighted by Gasteiger charge is -2.18. The van der Waals surface area contributed by atoms with E-state index in [0.717, 1.165) is 25.2 Å². The molecule has 1 aliphatic rings. The van der Waals surface area contributed by atoms with Crippen LogP contribution in [0.1, 0.15) is 30.6 Å². The number of ether oxygens (including phenoxy) is 2. The highest BCUT2D eigenvalue weighted by Gasteiger charge is 2.24. The fourth-order valence-corrected chi connectivity index (χ4v) is 2.68. The summed E-state index contributed by atoms with van der Waals surface area (Å²) < 4.78 is 11.1. The Labute approximate surface area is 147 Å². The van der Waals surface area contributed by atoms with E-state index >= 15 is 0 Å². The third-order valence-electron chi connectivity index (χ3n) is 3.98. The number of anilines is 1. The van der Waals surface area contributed by atoms with Gasteiger partial charge < -0.3 is 14.4 Å². The number of aromatic nitrogens is 2. The largest absolute Gasteiger partial charge is 0.472 e. The zero-order valence-corrected chi connectivity index (χ0v) is 14.6. The lowest BCUT2D eigenvalue weighted by molar-refractivity contribution is 0.0458. The molecule has 2 aromatic rings. The number of hydrogen-bond acceptors (Lipinski definition) is 6. The number of esters is 1. The van der Waals surface area contributed by atoms with Crippen LogP contribution in [0.4, 0.5) is 5.69 Å². The molecule has 3 rings (SSSR count). The minimum absolute atomic E-state index is 0.0828. The second-order valence-corrected chi connectivity index (χ2v) is 6.56. The van der Waals surface area contributed by atoms with Crippen LogP contribution < -0.4 is 9.64 Å². The van der Waals surface area contributed by atoms with Crippen molar-refractivity contribution in [3.63, 3.8) is 0 Å². The second-order valence-electron chi connectivity index (χ2n) is 6.56. The molecule has 25 heavy (non-hydrogen) atoms. The normalized spacial score (nSPS) is 16.9. The van der Waals surface area contributed by atoms with Gasteiger partial charge in [-0.3, -0.25) is 4.98 Å². The van der Waals surface area contributed by atoms with Gasteiger partial charge in [0.2, 0.25) is 5.88 Å². The van der Waals surface area contributed by atoms with E-state index in [1.807, 2.05) is 26.0 Å². The van der Waals surface area contributed by atoms with Gasteiger partial charge in [0, 0.05) is 43.3 Å². The maximum absolute atomic E-state index is 11.9. The number of carbonyl (C=O) groups excluding carboxylic acids is 1. The van der Waals surface area contributed by atoms with Crippen LogP contribution in [0.2, 0.25) is 0 Å². The highest BCUT2D eigenvalue weighted by molar-refractivity contribution is 5.89. The van der Waals surface area contributed by atoms with Crippen LogP contribution in [0.3, 0.4) is 0 Å². The Balaban J connectivity index is 1.53. The summed E-state index contributed by atoms with van der Waals surface area (Å²) >= 11 is 0. The highest BCUT2D eigenvalue weighted by atomic mass is 16.5. The summed E-state index contributed by atoms with van der Waals surface area (Å²) in [6.07, 6.45) is 6.11. The van der Waals surface area contributed by atoms with Gasteiger partial charge in [0.25, 0.3) is 0 Å². The Bertz CT molecular complexity index is 689. The molecule has 0 aromatic carbocycles. The van der Waals surface area contributed by atoms with Crippen molar-refractivity contribution in [2.75, 3.05) is 24.6 Å². The SMILES string of the molecule is CC(C)COC(=O)c1ccc(O[C@H]2CCN(c3ccncc3)C2)nc1. The molecule has 0 saturated carbocycles. The first-order valence-electron chi connectivity index (χ1n) is 8.56. The van der Waals surface area contributed by atoms with Crippen LogP contribution in [-0.4, -0.2) is 41.7 Å². The van der Waals surface area contributed by atoms with E-state index in [1.165, 1.54) is 6.20 Å². The maximum atomic E-state index is 11.9. The second kappa shape index (κ2) is 7.96. The zero-order valence-electron chi connectivity index (χ0n) is 14.6. The van der Waals surface area contributed by atoms with Crippen molar-refractivity contribution < 1.29 is 14.3 Å². The molecule has 0 N–H and O–H groups in total. The Hall–Kier alpha value is -2.63. The summed E-state index contributed by atoms with van der Waals surface area (Å²) in [5, 5.41) is 0. The van der Waals surface area contributed by atoms with Gasteiger partial charge in [-0.25, -0.2) is 9.78 Å². The summed E-state index contributed by atoms with van der Waals surface area (Å²) in [5.74, 6) is 0.490. The van der Waals surface area contributed by atoms with Gasteiger partial charge in [-0.1, -0.05) is 13.8 Å². The fraction of sp³-hybridized carbons (Fsp3) is 0.421. The van der Waals surface area contributed by atoms with Gasteiger partial charge in [0.15, 0.2) is 0 Å². The van der Waals surface area contributed by atoms with Crippen molar-refractivity contribution in [1.82, 2.24) is 9.97 Å². The fourth-order valence-electron chi connectivity index (χ4n) is 2.68. The number of rotatable bonds is 6. The molecule has 0 radical (unpaired) electrons. The standard InChI is InChI=1S/C19H23N3O3/c1-14(2)13-24-19(23)15-3-4-18(21-11-15)25-17-7-10-22(12-17)16-5-8-20-9-6-16/h3-6,8-9,11,14,17H,7,10,12-13H2,1-2H3/t17-/m0/s1. The van der Waals surface area contributed by atoms with Gasteiger partial charge in [0.05, 0.1) is 18.7 Å². The Kier molecular flexibility index (Phi) is 5.48. The summed E-state index contributed by atoms with van der Waals surface area (Å²) in [7, 11) is 0. The quantitative estimate of drug-likeness (QED) is 0.753. The van der Waals surface area contributed by atoms with E-state index < -0.39 is 0 Å². The van der Waals surface area contributed by atoms with Crippen LogP contribution in [0.25, 0.3) is 0 Å². The summed E-state index contributed by atoms with van der Waals surface area (Å²) in [5.41, 5.74) is 1.59. The van der Waals surface area contributed by atoms with Crippen molar-refractivity contribution in [2.45, 2.75) is 26.4 Å². The van der Waals surface area contributed by atoms with Gasteiger partial charge in [-0.2, -0.15) is 0 Å². The van der Waals surface area contributed by atoms with Crippen LogP contribution in [0, 0.1) is 5.92 Å². The molecule has 6 heteroatoms. The van der Waals surface area contributed by atoms with Crippen molar-refractivity contribution in [3.8, 4) is 5.88 Å². The van der Waals surface area contributed by atoms with Gasteiger partial charge in [-0.15, -0.1) is 0 Å². The highest BCUT2D eigenvalue weighted by Crippen LogP contribution is 2.22. The first kappa shape index (κ1) is 17.2. The summed E-state index contributed by atoms with van der Waals surface area (Å²) in [6.45, 7) is 6.15. The summed E-state index contributed by atoms with van der Waals surface area (Å²) in [6, 6.07) is 7.41. The Morgan fingerprint density at radius 2 is 2.08 bits per heavy atom. The minimum Gasteiger partial charge on any atom is -0.472 e. The maximum Gasteiger partial charge on any atom is 0.339 e. The number of nitrogens with zero attached hydrogens (tertiary/aromatic N) is 3. The van der Waals surface area contributed by atoms with Crippen LogP contribution in [-0.2, 0) is 4.74 Å². The topological polar surface area (TPSA) is 64.6 Å². The molecule has 1 atom stereocenters. The lowest BCUT2D eigenvalue weighted by atomic mass is 10.2. The average Bonchev–Trinajstić information content (AvgIpc) is 3.09. The molecule has 0 aliphatic carbocycles. The smallest absolute Gasteiger partial charge is 0.339 e. The molecule has 0 amide bonds. The van der Waals surface area contributed by atoms with Crippen LogP contribution >= 0.6 is 0 Å². The number of carbonyl (C=O) groups is 1. The van der Waals surface area contributed by atoms with Gasteiger partial charge in [0.1, 0.15) is 6.10 Å².